The van der Waals surface area contributed by atoms with E-state index in [2.05, 4.69) is 5.32 Å². The largest absolute Gasteiger partial charge is 0.440 e. The van der Waals surface area contributed by atoms with Crippen molar-refractivity contribution in [2.24, 2.45) is 5.73 Å². The lowest BCUT2D eigenvalue weighted by Gasteiger charge is -2.28. The molecule has 0 aliphatic heterocycles. The molecule has 30 heavy (non-hydrogen) atoms. The Kier molecular flexibility index (Phi) is 5.77. The number of benzene rings is 2. The van der Waals surface area contributed by atoms with Crippen LogP contribution in [0.1, 0.15) is 41.6 Å². The fraction of sp³-hybridized carbons (Fsp3) is 0.292. The van der Waals surface area contributed by atoms with Crippen LogP contribution >= 0.6 is 0 Å². The topological polar surface area (TPSA) is 89.5 Å². The quantitative estimate of drug-likeness (QED) is 0.567. The molecule has 1 heterocycles. The fourth-order valence-corrected chi connectivity index (χ4v) is 3.92. The molecule has 156 valence electrons. The van der Waals surface area contributed by atoms with E-state index in [1.54, 1.807) is 6.07 Å². The molecule has 0 atom stereocenters. The molecule has 0 spiro atoms. The van der Waals surface area contributed by atoms with Crippen LogP contribution in [-0.4, -0.2) is 27.7 Å². The smallest absolute Gasteiger partial charge is 0.250 e. The van der Waals surface area contributed by atoms with Crippen molar-refractivity contribution in [1.29, 1.82) is 0 Å². The molecule has 6 nitrogen and oxygen atoms in total. The van der Waals surface area contributed by atoms with E-state index in [-0.39, 0.29) is 12.1 Å². The van der Waals surface area contributed by atoms with Gasteiger partial charge in [-0.2, -0.15) is 0 Å². The Balaban J connectivity index is 1.62. The van der Waals surface area contributed by atoms with Crippen molar-refractivity contribution < 1.29 is 14.6 Å². The summed E-state index contributed by atoms with van der Waals surface area (Å²) in [4.78, 5) is 12.0. The van der Waals surface area contributed by atoms with Gasteiger partial charge in [-0.25, -0.2) is 0 Å². The summed E-state index contributed by atoms with van der Waals surface area (Å²) in [7, 11) is 0. The number of rotatable bonds is 6. The van der Waals surface area contributed by atoms with Crippen molar-refractivity contribution in [2.45, 2.75) is 44.8 Å². The van der Waals surface area contributed by atoms with Gasteiger partial charge in [-0.15, -0.1) is 0 Å². The lowest BCUT2D eigenvalue weighted by atomic mass is 9.92. The number of anilines is 1. The van der Waals surface area contributed by atoms with E-state index in [4.69, 9.17) is 10.5 Å². The van der Waals surface area contributed by atoms with Crippen molar-refractivity contribution in [3.63, 3.8) is 0 Å². The zero-order chi connectivity index (χ0) is 21.1. The normalized spacial score (nSPS) is 18.7. The Morgan fingerprint density at radius 1 is 1.10 bits per heavy atom. The van der Waals surface area contributed by atoms with Gasteiger partial charge in [-0.3, -0.25) is 9.36 Å². The first-order valence-corrected chi connectivity index (χ1v) is 10.3. The summed E-state index contributed by atoms with van der Waals surface area (Å²) in [6, 6.07) is 17.4. The molecule has 0 bridgehead atoms. The van der Waals surface area contributed by atoms with E-state index in [1.807, 2.05) is 66.2 Å². The molecule has 0 radical (unpaired) electrons. The SMILES string of the molecule is Cc1cccc(Oc2cccn2-c2ccc(C(N)=O)c(NC3CCC(O)CC3)c2)c1. The number of nitrogens with two attached hydrogens (primary N) is 1. The minimum Gasteiger partial charge on any atom is -0.440 e. The highest BCUT2D eigenvalue weighted by atomic mass is 16.5. The molecule has 3 aromatic rings. The number of amides is 1. The van der Waals surface area contributed by atoms with Crippen molar-refractivity contribution >= 4 is 11.6 Å². The second-order valence-corrected chi connectivity index (χ2v) is 7.88. The Labute approximate surface area is 176 Å². The van der Waals surface area contributed by atoms with Gasteiger partial charge < -0.3 is 20.9 Å². The molecular formula is C24H27N3O3. The maximum absolute atomic E-state index is 12.0. The van der Waals surface area contributed by atoms with Crippen LogP contribution in [0, 0.1) is 6.92 Å². The van der Waals surface area contributed by atoms with Gasteiger partial charge in [-0.05, 0) is 74.6 Å². The van der Waals surface area contributed by atoms with E-state index < -0.39 is 5.91 Å². The minimum absolute atomic E-state index is 0.203. The highest BCUT2D eigenvalue weighted by molar-refractivity contribution is 5.99. The van der Waals surface area contributed by atoms with Gasteiger partial charge in [0, 0.05) is 24.0 Å². The van der Waals surface area contributed by atoms with Crippen LogP contribution in [0.3, 0.4) is 0 Å². The number of ether oxygens (including phenoxy) is 1. The molecule has 1 aromatic heterocycles. The van der Waals surface area contributed by atoms with Gasteiger partial charge in [0.05, 0.1) is 17.4 Å². The predicted octanol–water partition coefficient (Wildman–Crippen LogP) is 4.39. The fourth-order valence-electron chi connectivity index (χ4n) is 3.92. The number of hydrogen-bond acceptors (Lipinski definition) is 4. The van der Waals surface area contributed by atoms with Crippen LogP contribution in [0.5, 0.6) is 11.6 Å². The number of aryl methyl sites for hydroxylation is 1. The summed E-state index contributed by atoms with van der Waals surface area (Å²) in [5.41, 5.74) is 8.76. The average molecular weight is 405 g/mol. The highest BCUT2D eigenvalue weighted by Gasteiger charge is 2.21. The Morgan fingerprint density at radius 3 is 2.63 bits per heavy atom. The second-order valence-electron chi connectivity index (χ2n) is 7.88. The van der Waals surface area contributed by atoms with Crippen molar-refractivity contribution in [1.82, 2.24) is 4.57 Å². The second kappa shape index (κ2) is 8.63. The summed E-state index contributed by atoms with van der Waals surface area (Å²) < 4.78 is 8.02. The molecule has 4 N–H and O–H groups in total. The number of carbonyl (C=O) groups excluding carboxylic acids is 1. The zero-order valence-corrected chi connectivity index (χ0v) is 17.0. The van der Waals surface area contributed by atoms with E-state index in [0.717, 1.165) is 42.7 Å². The van der Waals surface area contributed by atoms with Crippen LogP contribution in [-0.2, 0) is 0 Å². The molecule has 2 aromatic carbocycles. The molecule has 0 saturated heterocycles. The number of nitrogens with one attached hydrogen (secondary N) is 1. The third-order valence-corrected chi connectivity index (χ3v) is 5.53. The summed E-state index contributed by atoms with van der Waals surface area (Å²) >= 11 is 0. The van der Waals surface area contributed by atoms with Gasteiger partial charge in [0.1, 0.15) is 5.75 Å². The van der Waals surface area contributed by atoms with Crippen molar-refractivity contribution in [2.75, 3.05) is 5.32 Å². The van der Waals surface area contributed by atoms with Gasteiger partial charge in [0.2, 0.25) is 5.88 Å². The maximum atomic E-state index is 12.0. The van der Waals surface area contributed by atoms with Crippen LogP contribution in [0.4, 0.5) is 5.69 Å². The van der Waals surface area contributed by atoms with Crippen LogP contribution in [0.2, 0.25) is 0 Å². The first kappa shape index (κ1) is 20.0. The zero-order valence-electron chi connectivity index (χ0n) is 17.0. The number of nitrogens with zero attached hydrogens (tertiary/aromatic N) is 1. The molecule has 4 rings (SSSR count). The van der Waals surface area contributed by atoms with Crippen LogP contribution in [0.25, 0.3) is 5.69 Å². The molecule has 1 saturated carbocycles. The lowest BCUT2D eigenvalue weighted by Crippen LogP contribution is -2.29. The summed E-state index contributed by atoms with van der Waals surface area (Å²) in [6.45, 7) is 2.02. The average Bonchev–Trinajstić information content (AvgIpc) is 3.17. The molecule has 1 aliphatic rings. The van der Waals surface area contributed by atoms with E-state index in [1.165, 1.54) is 0 Å². The number of hydrogen-bond donors (Lipinski definition) is 3. The van der Waals surface area contributed by atoms with E-state index >= 15 is 0 Å². The van der Waals surface area contributed by atoms with Gasteiger partial charge >= 0.3 is 0 Å². The Morgan fingerprint density at radius 2 is 1.90 bits per heavy atom. The first-order valence-electron chi connectivity index (χ1n) is 10.3. The van der Waals surface area contributed by atoms with Crippen molar-refractivity contribution in [3.8, 4) is 17.3 Å². The number of carbonyl (C=O) groups is 1. The Hall–Kier alpha value is -3.25. The van der Waals surface area contributed by atoms with Gasteiger partial charge in [0.15, 0.2) is 0 Å². The van der Waals surface area contributed by atoms with Crippen LogP contribution in [0.15, 0.2) is 60.8 Å². The molecule has 1 fully saturated rings. The third kappa shape index (κ3) is 4.49. The van der Waals surface area contributed by atoms with E-state index in [0.29, 0.717) is 17.1 Å². The standard InChI is InChI=1S/C24H27N3O3/c1-16-4-2-5-20(14-16)30-23-6-3-13-27(23)18-9-12-21(24(25)29)22(15-18)26-17-7-10-19(28)11-8-17/h2-6,9,12-15,17,19,26,28H,7-8,10-11H2,1H3,(H2,25,29). The summed E-state index contributed by atoms with van der Waals surface area (Å²) in [5, 5.41) is 13.2. The Bertz CT molecular complexity index is 1040. The third-order valence-electron chi connectivity index (χ3n) is 5.53. The predicted molar refractivity (Wildman–Crippen MR) is 117 cm³/mol. The van der Waals surface area contributed by atoms with E-state index in [9.17, 15) is 9.90 Å². The maximum Gasteiger partial charge on any atom is 0.250 e. The van der Waals surface area contributed by atoms with Gasteiger partial charge in [-0.1, -0.05) is 12.1 Å². The van der Waals surface area contributed by atoms with Crippen molar-refractivity contribution in [3.05, 3.63) is 71.9 Å². The highest BCUT2D eigenvalue weighted by Crippen LogP contribution is 2.30. The molecule has 6 heteroatoms. The number of aliphatic hydroxyl groups excluding tert-OH is 1. The summed E-state index contributed by atoms with van der Waals surface area (Å²) in [5.74, 6) is 0.977. The summed E-state index contributed by atoms with van der Waals surface area (Å²) in [6.07, 6.45) is 4.92. The molecule has 1 amide bonds. The lowest BCUT2D eigenvalue weighted by molar-refractivity contribution is 0.100. The molecule has 1 aliphatic carbocycles. The molecular weight excluding hydrogens is 378 g/mol. The number of aromatic nitrogens is 1. The number of aliphatic hydroxyl groups is 1. The minimum atomic E-state index is -0.469. The van der Waals surface area contributed by atoms with Crippen LogP contribution < -0.4 is 15.8 Å². The first-order chi connectivity index (χ1) is 14.5. The monoisotopic (exact) mass is 405 g/mol. The molecule has 0 unspecified atom stereocenters. The number of primary amides is 1. The van der Waals surface area contributed by atoms with Gasteiger partial charge in [0.25, 0.3) is 5.91 Å².